The zero-order chi connectivity index (χ0) is 14.3. The van der Waals surface area contributed by atoms with Crippen molar-refractivity contribution in [3.8, 4) is 11.1 Å². The summed E-state index contributed by atoms with van der Waals surface area (Å²) in [6.45, 7) is 1.64. The van der Waals surface area contributed by atoms with Gasteiger partial charge < -0.3 is 0 Å². The van der Waals surface area contributed by atoms with E-state index in [0.29, 0.717) is 5.56 Å². The molecular formula is C13H6ClF5. The van der Waals surface area contributed by atoms with Crippen LogP contribution in [-0.4, -0.2) is 0 Å². The molecule has 0 unspecified atom stereocenters. The molecule has 0 atom stereocenters. The summed E-state index contributed by atoms with van der Waals surface area (Å²) in [5, 5.41) is 0.168. The van der Waals surface area contributed by atoms with Crippen LogP contribution in [0.15, 0.2) is 18.2 Å². The Hall–Kier alpha value is -1.62. The van der Waals surface area contributed by atoms with Gasteiger partial charge in [-0.2, -0.15) is 0 Å². The molecule has 0 spiro atoms. The molecule has 0 saturated heterocycles. The molecule has 0 aliphatic heterocycles. The molecule has 0 bridgehead atoms. The maximum absolute atomic E-state index is 13.6. The molecule has 0 radical (unpaired) electrons. The Morgan fingerprint density at radius 3 is 1.74 bits per heavy atom. The van der Waals surface area contributed by atoms with Crippen LogP contribution in [0.25, 0.3) is 11.1 Å². The van der Waals surface area contributed by atoms with Crippen molar-refractivity contribution in [1.29, 1.82) is 0 Å². The van der Waals surface area contributed by atoms with Crippen LogP contribution < -0.4 is 0 Å². The fourth-order valence-corrected chi connectivity index (χ4v) is 1.79. The molecule has 0 fully saturated rings. The van der Waals surface area contributed by atoms with Crippen molar-refractivity contribution in [3.05, 3.63) is 57.9 Å². The van der Waals surface area contributed by atoms with Crippen LogP contribution in [0.5, 0.6) is 0 Å². The minimum Gasteiger partial charge on any atom is -0.203 e. The average Bonchev–Trinajstić information content (AvgIpc) is 2.38. The van der Waals surface area contributed by atoms with Crippen molar-refractivity contribution in [2.24, 2.45) is 0 Å². The number of hydrogen-bond donors (Lipinski definition) is 0. The lowest BCUT2D eigenvalue weighted by atomic mass is 10.0. The van der Waals surface area contributed by atoms with Gasteiger partial charge in [0.15, 0.2) is 23.3 Å². The second kappa shape index (κ2) is 4.81. The predicted octanol–water partition coefficient (Wildman–Crippen LogP) is 5.01. The number of aryl methyl sites for hydroxylation is 1. The summed E-state index contributed by atoms with van der Waals surface area (Å²) in [6, 6.07) is 3.81. The van der Waals surface area contributed by atoms with Crippen molar-refractivity contribution >= 4 is 11.6 Å². The second-order valence-electron chi connectivity index (χ2n) is 3.91. The van der Waals surface area contributed by atoms with E-state index in [1.165, 1.54) is 12.1 Å². The number of benzene rings is 2. The monoisotopic (exact) mass is 292 g/mol. The highest BCUT2D eigenvalue weighted by Crippen LogP contribution is 2.33. The average molecular weight is 293 g/mol. The van der Waals surface area contributed by atoms with Gasteiger partial charge in [0.2, 0.25) is 5.82 Å². The summed E-state index contributed by atoms with van der Waals surface area (Å²) in [6.07, 6.45) is 0. The number of halogens is 6. The SMILES string of the molecule is Cc1ccc(-c2c(F)c(F)c(F)c(F)c2F)cc1Cl. The summed E-state index contributed by atoms with van der Waals surface area (Å²) in [5.41, 5.74) is -0.545. The van der Waals surface area contributed by atoms with Crippen molar-refractivity contribution in [1.82, 2.24) is 0 Å². The molecule has 0 N–H and O–H groups in total. The molecule has 6 heteroatoms. The van der Waals surface area contributed by atoms with Crippen LogP contribution in [0, 0.1) is 36.0 Å². The summed E-state index contributed by atoms with van der Waals surface area (Å²) in [4.78, 5) is 0. The molecule has 0 saturated carbocycles. The molecule has 0 nitrogen and oxygen atoms in total. The highest BCUT2D eigenvalue weighted by molar-refractivity contribution is 6.31. The van der Waals surface area contributed by atoms with E-state index in [4.69, 9.17) is 11.6 Å². The standard InChI is InChI=1S/C13H6ClF5/c1-5-2-3-6(4-7(5)14)8-9(15)11(17)13(19)12(18)10(8)16/h2-4H,1H3. The van der Waals surface area contributed by atoms with E-state index in [1.807, 2.05) is 0 Å². The van der Waals surface area contributed by atoms with Gasteiger partial charge in [0.1, 0.15) is 0 Å². The molecule has 0 aliphatic carbocycles. The Labute approximate surface area is 110 Å². The predicted molar refractivity (Wildman–Crippen MR) is 61.4 cm³/mol. The van der Waals surface area contributed by atoms with Crippen LogP contribution in [0.3, 0.4) is 0 Å². The highest BCUT2D eigenvalue weighted by atomic mass is 35.5. The van der Waals surface area contributed by atoms with Gasteiger partial charge in [-0.05, 0) is 24.1 Å². The first kappa shape index (κ1) is 13.8. The van der Waals surface area contributed by atoms with E-state index >= 15 is 0 Å². The molecular weight excluding hydrogens is 287 g/mol. The van der Waals surface area contributed by atoms with E-state index in [0.717, 1.165) is 6.07 Å². The molecule has 100 valence electrons. The molecule has 2 aromatic rings. The molecule has 2 aromatic carbocycles. The van der Waals surface area contributed by atoms with Crippen molar-refractivity contribution in [2.75, 3.05) is 0 Å². The van der Waals surface area contributed by atoms with Crippen molar-refractivity contribution in [3.63, 3.8) is 0 Å². The van der Waals surface area contributed by atoms with Crippen LogP contribution in [0.1, 0.15) is 5.56 Å². The van der Waals surface area contributed by atoms with Gasteiger partial charge in [-0.25, -0.2) is 22.0 Å². The summed E-state index contributed by atoms with van der Waals surface area (Å²) in [7, 11) is 0. The second-order valence-corrected chi connectivity index (χ2v) is 4.32. The zero-order valence-corrected chi connectivity index (χ0v) is 10.3. The Bertz CT molecular complexity index is 638. The maximum Gasteiger partial charge on any atom is 0.200 e. The van der Waals surface area contributed by atoms with Crippen LogP contribution in [-0.2, 0) is 0 Å². The molecule has 0 heterocycles. The number of hydrogen-bond acceptors (Lipinski definition) is 0. The fourth-order valence-electron chi connectivity index (χ4n) is 1.61. The fraction of sp³-hybridized carbons (Fsp3) is 0.0769. The van der Waals surface area contributed by atoms with E-state index in [-0.39, 0.29) is 10.6 Å². The maximum atomic E-state index is 13.6. The Morgan fingerprint density at radius 1 is 0.789 bits per heavy atom. The summed E-state index contributed by atoms with van der Waals surface area (Å²) in [5.74, 6) is -9.90. The van der Waals surface area contributed by atoms with Crippen LogP contribution >= 0.6 is 11.6 Å². The topological polar surface area (TPSA) is 0 Å². The van der Waals surface area contributed by atoms with Gasteiger partial charge in [0.25, 0.3) is 0 Å². The smallest absolute Gasteiger partial charge is 0.200 e. The molecule has 0 amide bonds. The largest absolute Gasteiger partial charge is 0.203 e. The van der Waals surface area contributed by atoms with Gasteiger partial charge in [0, 0.05) is 5.02 Å². The molecule has 0 aromatic heterocycles. The van der Waals surface area contributed by atoms with Gasteiger partial charge in [-0.15, -0.1) is 0 Å². The summed E-state index contributed by atoms with van der Waals surface area (Å²) >= 11 is 5.77. The van der Waals surface area contributed by atoms with Gasteiger partial charge >= 0.3 is 0 Å². The van der Waals surface area contributed by atoms with Gasteiger partial charge in [0.05, 0.1) is 5.56 Å². The quantitative estimate of drug-likeness (QED) is 0.394. The van der Waals surface area contributed by atoms with Gasteiger partial charge in [-0.1, -0.05) is 23.7 Å². The lowest BCUT2D eigenvalue weighted by molar-refractivity contribution is 0.381. The lowest BCUT2D eigenvalue weighted by Crippen LogP contribution is -2.04. The van der Waals surface area contributed by atoms with E-state index in [1.54, 1.807) is 6.92 Å². The van der Waals surface area contributed by atoms with Crippen molar-refractivity contribution < 1.29 is 22.0 Å². The lowest BCUT2D eigenvalue weighted by Gasteiger charge is -2.09. The van der Waals surface area contributed by atoms with Crippen molar-refractivity contribution in [2.45, 2.75) is 6.92 Å². The Balaban J connectivity index is 2.79. The van der Waals surface area contributed by atoms with Crippen LogP contribution in [0.2, 0.25) is 5.02 Å². The Kier molecular flexibility index (Phi) is 3.49. The highest BCUT2D eigenvalue weighted by Gasteiger charge is 2.26. The third-order valence-corrected chi connectivity index (χ3v) is 3.08. The third kappa shape index (κ3) is 2.18. The zero-order valence-electron chi connectivity index (χ0n) is 9.50. The normalized spacial score (nSPS) is 10.9. The number of rotatable bonds is 1. The molecule has 2 rings (SSSR count). The first-order valence-corrected chi connectivity index (χ1v) is 5.50. The Morgan fingerprint density at radius 2 is 1.26 bits per heavy atom. The molecule has 0 aliphatic rings. The van der Waals surface area contributed by atoms with Gasteiger partial charge in [-0.3, -0.25) is 0 Å². The third-order valence-electron chi connectivity index (χ3n) is 2.67. The van der Waals surface area contributed by atoms with E-state index in [9.17, 15) is 22.0 Å². The van der Waals surface area contributed by atoms with Crippen LogP contribution in [0.4, 0.5) is 22.0 Å². The first-order valence-electron chi connectivity index (χ1n) is 5.12. The minimum atomic E-state index is -2.18. The molecule has 19 heavy (non-hydrogen) atoms. The minimum absolute atomic E-state index is 0.168. The van der Waals surface area contributed by atoms with E-state index < -0.39 is 34.6 Å². The van der Waals surface area contributed by atoms with E-state index in [2.05, 4.69) is 0 Å². The first-order chi connectivity index (χ1) is 8.84. The summed E-state index contributed by atoms with van der Waals surface area (Å²) < 4.78 is 66.2.